The highest BCUT2D eigenvalue weighted by Gasteiger charge is 2.20. The normalized spacial score (nSPS) is 18.3. The lowest BCUT2D eigenvalue weighted by Gasteiger charge is -2.10. The van der Waals surface area contributed by atoms with Crippen molar-refractivity contribution in [3.63, 3.8) is 0 Å². The van der Waals surface area contributed by atoms with Crippen LogP contribution < -0.4 is 10.6 Å². The zero-order chi connectivity index (χ0) is 9.68. The lowest BCUT2D eigenvalue weighted by molar-refractivity contribution is -0.120. The summed E-state index contributed by atoms with van der Waals surface area (Å²) in [6.07, 6.45) is 2.51. The SMILES string of the molecule is COC(C)CNC(=O)CNC1CC1. The van der Waals surface area contributed by atoms with E-state index < -0.39 is 0 Å². The summed E-state index contributed by atoms with van der Waals surface area (Å²) in [6.45, 7) is 2.94. The fourth-order valence-electron chi connectivity index (χ4n) is 0.928. The molecule has 1 amide bonds. The monoisotopic (exact) mass is 186 g/mol. The first-order valence-corrected chi connectivity index (χ1v) is 4.75. The predicted molar refractivity (Wildman–Crippen MR) is 50.5 cm³/mol. The molecule has 0 aromatic heterocycles. The standard InChI is InChI=1S/C9H18N2O2/c1-7(13-2)5-11-9(12)6-10-8-3-4-8/h7-8,10H,3-6H2,1-2H3,(H,11,12). The van der Waals surface area contributed by atoms with Gasteiger partial charge in [-0.1, -0.05) is 0 Å². The minimum atomic E-state index is 0.0517. The van der Waals surface area contributed by atoms with Crippen LogP contribution in [0.15, 0.2) is 0 Å². The topological polar surface area (TPSA) is 50.4 Å². The molecular formula is C9H18N2O2. The van der Waals surface area contributed by atoms with E-state index >= 15 is 0 Å². The molecular weight excluding hydrogens is 168 g/mol. The van der Waals surface area contributed by atoms with Crippen LogP contribution in [0.4, 0.5) is 0 Å². The van der Waals surface area contributed by atoms with Crippen LogP contribution in [0.5, 0.6) is 0 Å². The maximum Gasteiger partial charge on any atom is 0.234 e. The fourth-order valence-corrected chi connectivity index (χ4v) is 0.928. The number of rotatable bonds is 6. The Morgan fingerprint density at radius 1 is 1.62 bits per heavy atom. The molecule has 1 atom stereocenters. The zero-order valence-corrected chi connectivity index (χ0v) is 8.30. The van der Waals surface area contributed by atoms with E-state index in [1.54, 1.807) is 7.11 Å². The van der Waals surface area contributed by atoms with E-state index in [0.29, 0.717) is 19.1 Å². The Kier molecular flexibility index (Phi) is 4.18. The molecule has 0 bridgehead atoms. The summed E-state index contributed by atoms with van der Waals surface area (Å²) in [4.78, 5) is 11.2. The molecule has 0 aliphatic heterocycles. The number of nitrogens with one attached hydrogen (secondary N) is 2. The zero-order valence-electron chi connectivity index (χ0n) is 8.30. The summed E-state index contributed by atoms with van der Waals surface area (Å²) in [5, 5.41) is 5.94. The number of hydrogen-bond acceptors (Lipinski definition) is 3. The van der Waals surface area contributed by atoms with E-state index in [-0.39, 0.29) is 12.0 Å². The summed E-state index contributed by atoms with van der Waals surface area (Å²) in [5.41, 5.74) is 0. The molecule has 4 nitrogen and oxygen atoms in total. The van der Waals surface area contributed by atoms with Crippen molar-refractivity contribution < 1.29 is 9.53 Å². The summed E-state index contributed by atoms with van der Waals surface area (Å²) in [5.74, 6) is 0.0517. The Bertz CT molecular complexity index is 169. The van der Waals surface area contributed by atoms with Gasteiger partial charge in [-0.15, -0.1) is 0 Å². The van der Waals surface area contributed by atoms with Gasteiger partial charge >= 0.3 is 0 Å². The van der Waals surface area contributed by atoms with Crippen molar-refractivity contribution in [2.75, 3.05) is 20.2 Å². The Balaban J connectivity index is 1.96. The highest BCUT2D eigenvalue weighted by Crippen LogP contribution is 2.17. The number of carbonyl (C=O) groups excluding carboxylic acids is 1. The van der Waals surface area contributed by atoms with Crippen LogP contribution in [0, 0.1) is 0 Å². The molecule has 1 rings (SSSR count). The van der Waals surface area contributed by atoms with E-state index in [9.17, 15) is 4.79 Å². The third kappa shape index (κ3) is 4.85. The molecule has 1 aliphatic carbocycles. The van der Waals surface area contributed by atoms with Crippen LogP contribution in [-0.2, 0) is 9.53 Å². The highest BCUT2D eigenvalue weighted by molar-refractivity contribution is 5.78. The number of methoxy groups -OCH3 is 1. The second kappa shape index (κ2) is 5.19. The lowest BCUT2D eigenvalue weighted by atomic mass is 10.4. The van der Waals surface area contributed by atoms with E-state index in [1.165, 1.54) is 12.8 Å². The number of carbonyl (C=O) groups is 1. The highest BCUT2D eigenvalue weighted by atomic mass is 16.5. The van der Waals surface area contributed by atoms with Crippen LogP contribution in [-0.4, -0.2) is 38.3 Å². The molecule has 0 radical (unpaired) electrons. The largest absolute Gasteiger partial charge is 0.380 e. The maximum absolute atomic E-state index is 11.2. The Labute approximate surface area is 79.0 Å². The fraction of sp³-hybridized carbons (Fsp3) is 0.889. The Morgan fingerprint density at radius 3 is 2.85 bits per heavy atom. The van der Waals surface area contributed by atoms with Gasteiger partial charge in [0, 0.05) is 19.7 Å². The van der Waals surface area contributed by atoms with E-state index in [0.717, 1.165) is 0 Å². The Morgan fingerprint density at radius 2 is 2.31 bits per heavy atom. The average Bonchev–Trinajstić information content (AvgIpc) is 2.94. The van der Waals surface area contributed by atoms with E-state index in [1.807, 2.05) is 6.92 Å². The second-order valence-corrected chi connectivity index (χ2v) is 3.51. The molecule has 76 valence electrons. The summed E-state index contributed by atoms with van der Waals surface area (Å²) < 4.78 is 5.00. The van der Waals surface area contributed by atoms with Gasteiger partial charge in [0.1, 0.15) is 0 Å². The van der Waals surface area contributed by atoms with Gasteiger partial charge in [-0.2, -0.15) is 0 Å². The van der Waals surface area contributed by atoms with Crippen LogP contribution in [0.25, 0.3) is 0 Å². The molecule has 13 heavy (non-hydrogen) atoms. The van der Waals surface area contributed by atoms with Crippen LogP contribution in [0.1, 0.15) is 19.8 Å². The van der Waals surface area contributed by atoms with Crippen LogP contribution in [0.3, 0.4) is 0 Å². The summed E-state index contributed by atoms with van der Waals surface area (Å²) >= 11 is 0. The summed E-state index contributed by atoms with van der Waals surface area (Å²) in [6, 6.07) is 0.589. The van der Waals surface area contributed by atoms with Crippen molar-refractivity contribution in [3.05, 3.63) is 0 Å². The predicted octanol–water partition coefficient (Wildman–Crippen LogP) is -0.110. The van der Waals surface area contributed by atoms with Crippen molar-refractivity contribution in [2.24, 2.45) is 0 Å². The van der Waals surface area contributed by atoms with Gasteiger partial charge in [0.15, 0.2) is 0 Å². The van der Waals surface area contributed by atoms with Gasteiger partial charge in [0.2, 0.25) is 5.91 Å². The van der Waals surface area contributed by atoms with Gasteiger partial charge in [-0.05, 0) is 19.8 Å². The molecule has 0 aromatic carbocycles. The van der Waals surface area contributed by atoms with E-state index in [2.05, 4.69) is 10.6 Å². The molecule has 1 fully saturated rings. The van der Waals surface area contributed by atoms with Crippen molar-refractivity contribution >= 4 is 5.91 Å². The number of amides is 1. The average molecular weight is 186 g/mol. The Hall–Kier alpha value is -0.610. The van der Waals surface area contributed by atoms with Gasteiger partial charge in [-0.25, -0.2) is 0 Å². The number of ether oxygens (including phenoxy) is 1. The van der Waals surface area contributed by atoms with Crippen molar-refractivity contribution in [2.45, 2.75) is 31.9 Å². The maximum atomic E-state index is 11.2. The molecule has 0 aromatic rings. The molecule has 1 saturated carbocycles. The summed E-state index contributed by atoms with van der Waals surface area (Å²) in [7, 11) is 1.64. The minimum Gasteiger partial charge on any atom is -0.380 e. The molecule has 0 saturated heterocycles. The molecule has 0 heterocycles. The molecule has 2 N–H and O–H groups in total. The quantitative estimate of drug-likeness (QED) is 0.608. The van der Waals surface area contributed by atoms with Crippen molar-refractivity contribution in [1.82, 2.24) is 10.6 Å². The van der Waals surface area contributed by atoms with E-state index in [4.69, 9.17) is 4.74 Å². The third-order valence-electron chi connectivity index (χ3n) is 2.12. The van der Waals surface area contributed by atoms with Gasteiger partial charge in [0.25, 0.3) is 0 Å². The molecule has 0 spiro atoms. The third-order valence-corrected chi connectivity index (χ3v) is 2.12. The van der Waals surface area contributed by atoms with Gasteiger partial charge in [-0.3, -0.25) is 4.79 Å². The lowest BCUT2D eigenvalue weighted by Crippen LogP contribution is -2.38. The second-order valence-electron chi connectivity index (χ2n) is 3.51. The molecule has 1 aliphatic rings. The first-order valence-electron chi connectivity index (χ1n) is 4.75. The van der Waals surface area contributed by atoms with Gasteiger partial charge in [0.05, 0.1) is 12.6 Å². The van der Waals surface area contributed by atoms with Crippen molar-refractivity contribution in [3.8, 4) is 0 Å². The number of hydrogen-bond donors (Lipinski definition) is 2. The van der Waals surface area contributed by atoms with Crippen LogP contribution in [0.2, 0.25) is 0 Å². The minimum absolute atomic E-state index is 0.0517. The van der Waals surface area contributed by atoms with Crippen LogP contribution >= 0.6 is 0 Å². The molecule has 4 heteroatoms. The smallest absolute Gasteiger partial charge is 0.234 e. The first-order chi connectivity index (χ1) is 6.22. The van der Waals surface area contributed by atoms with Crippen molar-refractivity contribution in [1.29, 1.82) is 0 Å². The molecule has 1 unspecified atom stereocenters. The van der Waals surface area contributed by atoms with Gasteiger partial charge < -0.3 is 15.4 Å². The first kappa shape index (κ1) is 10.5.